The van der Waals surface area contributed by atoms with Crippen LogP contribution in [-0.2, 0) is 19.0 Å². The molecule has 3 rings (SSSR count). The van der Waals surface area contributed by atoms with Crippen molar-refractivity contribution in [3.05, 3.63) is 0 Å². The summed E-state index contributed by atoms with van der Waals surface area (Å²) in [5.74, 6) is -0.674. The second-order valence-electron chi connectivity index (χ2n) is 4.09. The van der Waals surface area contributed by atoms with Crippen LogP contribution in [0.3, 0.4) is 0 Å². The van der Waals surface area contributed by atoms with Gasteiger partial charge in [-0.1, -0.05) is 0 Å². The fraction of sp³-hybridized carbons (Fsp3) is 0.889. The standard InChI is InChI=1S/C9H12O5/c1-3-12-5-2-4-6(10)9(11)14-7(4)8(5)13-3/h3-8,10H,2H2,1H3. The quantitative estimate of drug-likeness (QED) is 0.530. The number of aliphatic hydroxyl groups is 1. The van der Waals surface area contributed by atoms with Gasteiger partial charge >= 0.3 is 5.97 Å². The summed E-state index contributed by atoms with van der Waals surface area (Å²) in [7, 11) is 0. The van der Waals surface area contributed by atoms with Crippen LogP contribution >= 0.6 is 0 Å². The summed E-state index contributed by atoms with van der Waals surface area (Å²) in [5.41, 5.74) is 0. The number of rotatable bonds is 0. The van der Waals surface area contributed by atoms with Gasteiger partial charge in [0.15, 0.2) is 12.4 Å². The lowest BCUT2D eigenvalue weighted by atomic mass is 10.0. The van der Waals surface area contributed by atoms with Crippen molar-refractivity contribution in [2.75, 3.05) is 0 Å². The van der Waals surface area contributed by atoms with Crippen molar-refractivity contribution in [1.29, 1.82) is 0 Å². The fourth-order valence-electron chi connectivity index (χ4n) is 2.63. The molecule has 5 nitrogen and oxygen atoms in total. The Morgan fingerprint density at radius 3 is 2.93 bits per heavy atom. The third kappa shape index (κ3) is 0.973. The molecular formula is C9H12O5. The molecule has 1 N–H and O–H groups in total. The van der Waals surface area contributed by atoms with E-state index in [0.717, 1.165) is 0 Å². The number of carbonyl (C=O) groups excluding carboxylic acids is 1. The molecule has 2 aliphatic heterocycles. The first kappa shape index (κ1) is 8.64. The summed E-state index contributed by atoms with van der Waals surface area (Å²) >= 11 is 0. The summed E-state index contributed by atoms with van der Waals surface area (Å²) < 4.78 is 16.0. The lowest BCUT2D eigenvalue weighted by Crippen LogP contribution is -2.29. The SMILES string of the molecule is CC1OC2CC3C(O)C(=O)OC3C2O1. The predicted octanol–water partition coefficient (Wildman–Crippen LogP) is -0.577. The zero-order valence-electron chi connectivity index (χ0n) is 7.75. The summed E-state index contributed by atoms with van der Waals surface area (Å²) in [4.78, 5) is 11.1. The Labute approximate surface area is 80.9 Å². The first-order valence-electron chi connectivity index (χ1n) is 4.86. The highest BCUT2D eigenvalue weighted by Crippen LogP contribution is 2.43. The molecule has 6 atom stereocenters. The number of esters is 1. The van der Waals surface area contributed by atoms with Crippen molar-refractivity contribution < 1.29 is 24.1 Å². The molecule has 0 radical (unpaired) electrons. The van der Waals surface area contributed by atoms with E-state index in [1.54, 1.807) is 0 Å². The van der Waals surface area contributed by atoms with Crippen LogP contribution in [0.15, 0.2) is 0 Å². The summed E-state index contributed by atoms with van der Waals surface area (Å²) in [6, 6.07) is 0. The minimum absolute atomic E-state index is 0.0252. The highest BCUT2D eigenvalue weighted by atomic mass is 16.7. The van der Waals surface area contributed by atoms with Crippen molar-refractivity contribution in [1.82, 2.24) is 0 Å². The van der Waals surface area contributed by atoms with Crippen molar-refractivity contribution in [3.63, 3.8) is 0 Å². The smallest absolute Gasteiger partial charge is 0.335 e. The van der Waals surface area contributed by atoms with Gasteiger partial charge < -0.3 is 19.3 Å². The summed E-state index contributed by atoms with van der Waals surface area (Å²) in [6.07, 6.45) is -1.10. The topological polar surface area (TPSA) is 65.0 Å². The van der Waals surface area contributed by atoms with Gasteiger partial charge in [0.25, 0.3) is 0 Å². The zero-order valence-corrected chi connectivity index (χ0v) is 7.75. The molecule has 0 aromatic rings. The molecule has 78 valence electrons. The Hall–Kier alpha value is -0.650. The molecule has 0 spiro atoms. The van der Waals surface area contributed by atoms with E-state index in [2.05, 4.69) is 0 Å². The normalized spacial score (nSPS) is 55.7. The summed E-state index contributed by atoms with van der Waals surface area (Å²) in [6.45, 7) is 1.82. The highest BCUT2D eigenvalue weighted by Gasteiger charge is 2.59. The van der Waals surface area contributed by atoms with Crippen LogP contribution in [0.4, 0.5) is 0 Å². The van der Waals surface area contributed by atoms with Crippen molar-refractivity contribution in [3.8, 4) is 0 Å². The van der Waals surface area contributed by atoms with Gasteiger partial charge in [-0.3, -0.25) is 0 Å². The lowest BCUT2D eigenvalue weighted by molar-refractivity contribution is -0.151. The van der Waals surface area contributed by atoms with E-state index in [9.17, 15) is 9.90 Å². The molecule has 0 aromatic carbocycles. The van der Waals surface area contributed by atoms with Crippen molar-refractivity contribution in [2.24, 2.45) is 5.92 Å². The molecule has 2 saturated heterocycles. The third-order valence-electron chi connectivity index (χ3n) is 3.23. The molecule has 6 unspecified atom stereocenters. The average Bonchev–Trinajstić information content (AvgIpc) is 2.69. The Morgan fingerprint density at radius 2 is 2.14 bits per heavy atom. The first-order chi connectivity index (χ1) is 6.66. The van der Waals surface area contributed by atoms with Crippen LogP contribution in [0.2, 0.25) is 0 Å². The average molecular weight is 200 g/mol. The van der Waals surface area contributed by atoms with Crippen molar-refractivity contribution >= 4 is 5.97 Å². The van der Waals surface area contributed by atoms with Gasteiger partial charge in [-0.15, -0.1) is 0 Å². The number of fused-ring (bicyclic) bond motifs is 3. The van der Waals surface area contributed by atoms with Crippen LogP contribution < -0.4 is 0 Å². The van der Waals surface area contributed by atoms with Gasteiger partial charge in [0.1, 0.15) is 12.2 Å². The van der Waals surface area contributed by atoms with Crippen LogP contribution in [-0.4, -0.2) is 41.8 Å². The van der Waals surface area contributed by atoms with Crippen LogP contribution in [0.1, 0.15) is 13.3 Å². The molecule has 0 aromatic heterocycles. The minimum atomic E-state index is -0.992. The van der Waals surface area contributed by atoms with Gasteiger partial charge in [0, 0.05) is 5.92 Å². The Bertz CT molecular complexity index is 278. The Balaban J connectivity index is 1.83. The van der Waals surface area contributed by atoms with E-state index < -0.39 is 12.1 Å². The minimum Gasteiger partial charge on any atom is -0.457 e. The van der Waals surface area contributed by atoms with Crippen LogP contribution in [0.25, 0.3) is 0 Å². The molecule has 5 heteroatoms. The number of ether oxygens (including phenoxy) is 3. The lowest BCUT2D eigenvalue weighted by Gasteiger charge is -2.14. The fourth-order valence-corrected chi connectivity index (χ4v) is 2.63. The number of aliphatic hydroxyl groups excluding tert-OH is 1. The first-order valence-corrected chi connectivity index (χ1v) is 4.86. The molecule has 0 amide bonds. The second-order valence-corrected chi connectivity index (χ2v) is 4.09. The van der Waals surface area contributed by atoms with Gasteiger partial charge in [-0.2, -0.15) is 0 Å². The molecule has 3 aliphatic rings. The third-order valence-corrected chi connectivity index (χ3v) is 3.23. The van der Waals surface area contributed by atoms with Gasteiger partial charge in [0.2, 0.25) is 0 Å². The predicted molar refractivity (Wildman–Crippen MR) is 43.2 cm³/mol. The van der Waals surface area contributed by atoms with E-state index in [1.807, 2.05) is 6.92 Å². The largest absolute Gasteiger partial charge is 0.457 e. The maximum absolute atomic E-state index is 11.1. The second kappa shape index (κ2) is 2.68. The molecule has 1 saturated carbocycles. The van der Waals surface area contributed by atoms with Crippen LogP contribution in [0.5, 0.6) is 0 Å². The molecular weight excluding hydrogens is 188 g/mol. The molecule has 1 aliphatic carbocycles. The van der Waals surface area contributed by atoms with Gasteiger partial charge in [-0.05, 0) is 13.3 Å². The Morgan fingerprint density at radius 1 is 1.36 bits per heavy atom. The number of hydrogen-bond acceptors (Lipinski definition) is 5. The van der Waals surface area contributed by atoms with Crippen LogP contribution in [0, 0.1) is 5.92 Å². The Kier molecular flexibility index (Phi) is 1.66. The summed E-state index contributed by atoms with van der Waals surface area (Å²) in [5, 5.41) is 9.50. The maximum Gasteiger partial charge on any atom is 0.335 e. The van der Waals surface area contributed by atoms with E-state index >= 15 is 0 Å². The molecule has 0 bridgehead atoms. The molecule has 2 heterocycles. The number of hydrogen-bond donors (Lipinski definition) is 1. The highest BCUT2D eigenvalue weighted by molar-refractivity contribution is 5.77. The monoisotopic (exact) mass is 200 g/mol. The van der Waals surface area contributed by atoms with E-state index in [4.69, 9.17) is 14.2 Å². The van der Waals surface area contributed by atoms with Gasteiger partial charge in [0.05, 0.1) is 6.10 Å². The molecule has 3 fully saturated rings. The maximum atomic E-state index is 11.1. The number of carbonyl (C=O) groups is 1. The van der Waals surface area contributed by atoms with E-state index in [-0.39, 0.29) is 30.5 Å². The van der Waals surface area contributed by atoms with Gasteiger partial charge in [-0.25, -0.2) is 4.79 Å². The van der Waals surface area contributed by atoms with E-state index in [1.165, 1.54) is 0 Å². The van der Waals surface area contributed by atoms with Crippen molar-refractivity contribution in [2.45, 2.75) is 44.1 Å². The zero-order chi connectivity index (χ0) is 9.87. The van der Waals surface area contributed by atoms with E-state index in [0.29, 0.717) is 6.42 Å². The molecule has 14 heavy (non-hydrogen) atoms.